The summed E-state index contributed by atoms with van der Waals surface area (Å²) in [5.74, 6) is -1.15. The number of carbonyl (C=O) groups is 2. The van der Waals surface area contributed by atoms with Crippen molar-refractivity contribution in [1.82, 2.24) is 5.32 Å². The van der Waals surface area contributed by atoms with Crippen LogP contribution in [-0.2, 0) is 14.3 Å². The van der Waals surface area contributed by atoms with Gasteiger partial charge < -0.3 is 15.2 Å². The Hall–Kier alpha value is -1.10. The first kappa shape index (κ1) is 14.0. The zero-order valence-electron chi connectivity index (χ0n) is 10.9. The zero-order valence-corrected chi connectivity index (χ0v) is 10.9. The van der Waals surface area contributed by atoms with Crippen LogP contribution < -0.4 is 5.32 Å². The maximum absolute atomic E-state index is 11.5. The first-order chi connectivity index (χ1) is 7.73. The highest BCUT2D eigenvalue weighted by atomic mass is 16.5. The number of carboxylic acid groups (broad SMARTS) is 1. The molecule has 1 rings (SSSR count). The highest BCUT2D eigenvalue weighted by Gasteiger charge is 2.58. The number of carbonyl (C=O) groups excluding carboxylic acids is 1. The number of hydrogen-bond acceptors (Lipinski definition) is 3. The molecule has 0 heterocycles. The number of methoxy groups -OCH3 is 1. The monoisotopic (exact) mass is 243 g/mol. The molecule has 2 unspecified atom stereocenters. The lowest BCUT2D eigenvalue weighted by Crippen LogP contribution is -2.68. The summed E-state index contributed by atoms with van der Waals surface area (Å²) < 4.78 is 5.45. The van der Waals surface area contributed by atoms with Crippen molar-refractivity contribution < 1.29 is 19.4 Å². The highest BCUT2D eigenvalue weighted by molar-refractivity contribution is 5.81. The summed E-state index contributed by atoms with van der Waals surface area (Å²) in [6.45, 7) is 6.11. The van der Waals surface area contributed by atoms with Crippen LogP contribution >= 0.6 is 0 Å². The number of hydrogen-bond donors (Lipinski definition) is 2. The SMILES string of the molecule is COC1(C)CC(NC(=O)CCC(=O)O)C1(C)C. The molecule has 2 atom stereocenters. The molecule has 5 heteroatoms. The van der Waals surface area contributed by atoms with E-state index in [-0.39, 0.29) is 35.8 Å². The summed E-state index contributed by atoms with van der Waals surface area (Å²) in [6, 6.07) is 0.0498. The molecule has 0 aromatic carbocycles. The number of rotatable bonds is 5. The van der Waals surface area contributed by atoms with Gasteiger partial charge in [-0.3, -0.25) is 9.59 Å². The first-order valence-electron chi connectivity index (χ1n) is 5.79. The van der Waals surface area contributed by atoms with E-state index in [1.807, 2.05) is 20.8 Å². The Morgan fingerprint density at radius 3 is 2.35 bits per heavy atom. The maximum atomic E-state index is 11.5. The van der Waals surface area contributed by atoms with E-state index in [0.29, 0.717) is 0 Å². The maximum Gasteiger partial charge on any atom is 0.303 e. The van der Waals surface area contributed by atoms with Crippen molar-refractivity contribution in [3.05, 3.63) is 0 Å². The largest absolute Gasteiger partial charge is 0.481 e. The van der Waals surface area contributed by atoms with Gasteiger partial charge in [-0.1, -0.05) is 13.8 Å². The Balaban J connectivity index is 2.45. The average Bonchev–Trinajstić information content (AvgIpc) is 2.25. The van der Waals surface area contributed by atoms with Crippen LogP contribution in [0.2, 0.25) is 0 Å². The van der Waals surface area contributed by atoms with Crippen LogP contribution in [0.3, 0.4) is 0 Å². The predicted octanol–water partition coefficient (Wildman–Crippen LogP) is 1.17. The van der Waals surface area contributed by atoms with Crippen LogP contribution in [-0.4, -0.2) is 35.7 Å². The smallest absolute Gasteiger partial charge is 0.303 e. The fraction of sp³-hybridized carbons (Fsp3) is 0.833. The minimum atomic E-state index is -0.949. The van der Waals surface area contributed by atoms with Crippen LogP contribution in [0.5, 0.6) is 0 Å². The van der Waals surface area contributed by atoms with Gasteiger partial charge in [0.15, 0.2) is 0 Å². The summed E-state index contributed by atoms with van der Waals surface area (Å²) >= 11 is 0. The molecule has 1 fully saturated rings. The van der Waals surface area contributed by atoms with Crippen molar-refractivity contribution in [1.29, 1.82) is 0 Å². The summed E-state index contributed by atoms with van der Waals surface area (Å²) in [4.78, 5) is 21.9. The van der Waals surface area contributed by atoms with Crippen LogP contribution in [0.4, 0.5) is 0 Å². The Morgan fingerprint density at radius 2 is 1.94 bits per heavy atom. The van der Waals surface area contributed by atoms with Gasteiger partial charge in [-0.15, -0.1) is 0 Å². The minimum Gasteiger partial charge on any atom is -0.481 e. The topological polar surface area (TPSA) is 75.6 Å². The second kappa shape index (κ2) is 4.64. The van der Waals surface area contributed by atoms with Gasteiger partial charge >= 0.3 is 5.97 Å². The van der Waals surface area contributed by atoms with E-state index in [1.165, 1.54) is 0 Å². The van der Waals surface area contributed by atoms with Gasteiger partial charge in [-0.25, -0.2) is 0 Å². The second-order valence-electron chi connectivity index (χ2n) is 5.37. The molecule has 17 heavy (non-hydrogen) atoms. The van der Waals surface area contributed by atoms with E-state index in [4.69, 9.17) is 9.84 Å². The minimum absolute atomic E-state index is 0.0333. The van der Waals surface area contributed by atoms with Crippen molar-refractivity contribution in [2.75, 3.05) is 7.11 Å². The van der Waals surface area contributed by atoms with Gasteiger partial charge in [0, 0.05) is 25.0 Å². The summed E-state index contributed by atoms with van der Waals surface area (Å²) in [5.41, 5.74) is -0.363. The van der Waals surface area contributed by atoms with E-state index in [0.717, 1.165) is 6.42 Å². The molecular weight excluding hydrogens is 222 g/mol. The first-order valence-corrected chi connectivity index (χ1v) is 5.79. The Labute approximate surface area is 102 Å². The molecule has 0 aromatic heterocycles. The molecule has 1 amide bonds. The molecule has 1 aliphatic rings. The zero-order chi connectivity index (χ0) is 13.3. The second-order valence-corrected chi connectivity index (χ2v) is 5.37. The molecule has 0 aromatic rings. The van der Waals surface area contributed by atoms with Gasteiger partial charge in [0.25, 0.3) is 0 Å². The molecule has 0 radical (unpaired) electrons. The number of carboxylic acids is 1. The third-order valence-electron chi connectivity index (χ3n) is 4.18. The van der Waals surface area contributed by atoms with Crippen LogP contribution in [0, 0.1) is 5.41 Å². The van der Waals surface area contributed by atoms with Crippen LogP contribution in [0.15, 0.2) is 0 Å². The fourth-order valence-electron chi connectivity index (χ4n) is 2.21. The van der Waals surface area contributed by atoms with Crippen LogP contribution in [0.1, 0.15) is 40.0 Å². The molecule has 0 bridgehead atoms. The summed E-state index contributed by atoms with van der Waals surface area (Å²) in [6.07, 6.45) is 0.668. The van der Waals surface area contributed by atoms with Crippen molar-refractivity contribution in [3.8, 4) is 0 Å². The van der Waals surface area contributed by atoms with E-state index < -0.39 is 5.97 Å². The van der Waals surface area contributed by atoms with Crippen molar-refractivity contribution in [2.45, 2.75) is 51.7 Å². The third kappa shape index (κ3) is 2.60. The number of amides is 1. The molecule has 2 N–H and O–H groups in total. The predicted molar refractivity (Wildman–Crippen MR) is 62.6 cm³/mol. The van der Waals surface area contributed by atoms with Gasteiger partial charge in [-0.2, -0.15) is 0 Å². The molecule has 98 valence electrons. The Morgan fingerprint density at radius 1 is 1.35 bits per heavy atom. The third-order valence-corrected chi connectivity index (χ3v) is 4.18. The Kier molecular flexibility index (Phi) is 3.81. The fourth-order valence-corrected chi connectivity index (χ4v) is 2.21. The molecular formula is C12H21NO4. The lowest BCUT2D eigenvalue weighted by atomic mass is 9.56. The standard InChI is InChI=1S/C12H21NO4/c1-11(2)8(7-12(11,3)17-4)13-9(14)5-6-10(15)16/h8H,5-7H2,1-4H3,(H,13,14)(H,15,16). The highest BCUT2D eigenvalue weighted by Crippen LogP contribution is 2.51. The number of nitrogens with one attached hydrogen (secondary N) is 1. The molecule has 5 nitrogen and oxygen atoms in total. The Bertz CT molecular complexity index is 326. The van der Waals surface area contributed by atoms with E-state index in [2.05, 4.69) is 5.32 Å². The van der Waals surface area contributed by atoms with Gasteiger partial charge in [0.2, 0.25) is 5.91 Å². The quantitative estimate of drug-likeness (QED) is 0.760. The lowest BCUT2D eigenvalue weighted by Gasteiger charge is -2.59. The van der Waals surface area contributed by atoms with Crippen molar-refractivity contribution in [2.24, 2.45) is 5.41 Å². The van der Waals surface area contributed by atoms with Crippen LogP contribution in [0.25, 0.3) is 0 Å². The lowest BCUT2D eigenvalue weighted by molar-refractivity contribution is -0.182. The van der Waals surface area contributed by atoms with Gasteiger partial charge in [0.05, 0.1) is 12.0 Å². The average molecular weight is 243 g/mol. The van der Waals surface area contributed by atoms with Crippen molar-refractivity contribution >= 4 is 11.9 Å². The number of aliphatic carboxylic acids is 1. The molecule has 0 spiro atoms. The molecule has 0 saturated heterocycles. The summed E-state index contributed by atoms with van der Waals surface area (Å²) in [5, 5.41) is 11.4. The summed E-state index contributed by atoms with van der Waals surface area (Å²) in [7, 11) is 1.67. The molecule has 0 aliphatic heterocycles. The van der Waals surface area contributed by atoms with E-state index in [9.17, 15) is 9.59 Å². The van der Waals surface area contributed by atoms with E-state index in [1.54, 1.807) is 7.11 Å². The van der Waals surface area contributed by atoms with Gasteiger partial charge in [0.1, 0.15) is 0 Å². The van der Waals surface area contributed by atoms with Crippen molar-refractivity contribution in [3.63, 3.8) is 0 Å². The number of ether oxygens (including phenoxy) is 1. The normalized spacial score (nSPS) is 30.5. The van der Waals surface area contributed by atoms with Gasteiger partial charge in [-0.05, 0) is 13.3 Å². The molecule has 1 aliphatic carbocycles. The van der Waals surface area contributed by atoms with E-state index >= 15 is 0 Å². The molecule has 1 saturated carbocycles.